The zero-order valence-corrected chi connectivity index (χ0v) is 19.5. The standard InChI is InChI=1S/C26H31N5O2/c1-18(2)29-26-28-17-21(22-9-6-7-13-27-22)25(30-26)19-11-14-31(15-12-19)24(32)16-20-8-4-5-10-23(20)33-3/h4-10,13,17-19H,11-12,14-16H2,1-3H3,(H,28,29,30). The third-order valence-corrected chi connectivity index (χ3v) is 5.95. The Bertz CT molecular complexity index is 1080. The van der Waals surface area contributed by atoms with Gasteiger partial charge in [0.25, 0.3) is 0 Å². The van der Waals surface area contributed by atoms with E-state index in [1.54, 1.807) is 13.3 Å². The van der Waals surface area contributed by atoms with Gasteiger partial charge < -0.3 is 15.0 Å². The number of ether oxygens (including phenoxy) is 1. The summed E-state index contributed by atoms with van der Waals surface area (Å²) in [7, 11) is 1.64. The molecule has 172 valence electrons. The van der Waals surface area contributed by atoms with Gasteiger partial charge in [-0.25, -0.2) is 9.97 Å². The van der Waals surface area contributed by atoms with Gasteiger partial charge in [0, 0.05) is 48.6 Å². The smallest absolute Gasteiger partial charge is 0.227 e. The molecular weight excluding hydrogens is 414 g/mol. The molecule has 1 aliphatic heterocycles. The van der Waals surface area contributed by atoms with E-state index in [1.807, 2.05) is 53.6 Å². The van der Waals surface area contributed by atoms with Crippen molar-refractivity contribution >= 4 is 11.9 Å². The lowest BCUT2D eigenvalue weighted by atomic mass is 9.89. The third kappa shape index (κ3) is 5.48. The molecular formula is C26H31N5O2. The summed E-state index contributed by atoms with van der Waals surface area (Å²) in [4.78, 5) is 28.9. The maximum Gasteiger partial charge on any atom is 0.227 e. The molecule has 0 aliphatic carbocycles. The number of benzene rings is 1. The van der Waals surface area contributed by atoms with Gasteiger partial charge in [0.2, 0.25) is 11.9 Å². The first kappa shape index (κ1) is 22.7. The molecule has 1 saturated heterocycles. The first-order valence-corrected chi connectivity index (χ1v) is 11.5. The van der Waals surface area contributed by atoms with Crippen LogP contribution in [0.3, 0.4) is 0 Å². The molecule has 0 saturated carbocycles. The van der Waals surface area contributed by atoms with Crippen molar-refractivity contribution in [3.05, 3.63) is 66.1 Å². The van der Waals surface area contributed by atoms with Gasteiger partial charge in [-0.2, -0.15) is 0 Å². The van der Waals surface area contributed by atoms with E-state index >= 15 is 0 Å². The van der Waals surface area contributed by atoms with Crippen LogP contribution < -0.4 is 10.1 Å². The molecule has 1 aliphatic rings. The summed E-state index contributed by atoms with van der Waals surface area (Å²) in [5, 5.41) is 3.31. The molecule has 0 radical (unpaired) electrons. The quantitative estimate of drug-likeness (QED) is 0.584. The van der Waals surface area contributed by atoms with E-state index in [0.717, 1.165) is 41.1 Å². The fraction of sp³-hybridized carbons (Fsp3) is 0.385. The van der Waals surface area contributed by atoms with Crippen molar-refractivity contribution in [2.45, 2.75) is 45.1 Å². The molecule has 7 nitrogen and oxygen atoms in total. The molecule has 3 aromatic rings. The number of para-hydroxylation sites is 1. The summed E-state index contributed by atoms with van der Waals surface area (Å²) in [5.74, 6) is 1.77. The minimum Gasteiger partial charge on any atom is -0.496 e. The van der Waals surface area contributed by atoms with Crippen molar-refractivity contribution in [3.8, 4) is 17.0 Å². The van der Waals surface area contributed by atoms with E-state index in [4.69, 9.17) is 9.72 Å². The van der Waals surface area contributed by atoms with E-state index in [1.165, 1.54) is 0 Å². The second kappa shape index (κ2) is 10.4. The Labute approximate surface area is 195 Å². The highest BCUT2D eigenvalue weighted by molar-refractivity contribution is 5.79. The van der Waals surface area contributed by atoms with Crippen molar-refractivity contribution in [1.29, 1.82) is 0 Å². The van der Waals surface area contributed by atoms with Crippen LogP contribution in [-0.4, -0.2) is 52.0 Å². The van der Waals surface area contributed by atoms with E-state index in [-0.39, 0.29) is 17.9 Å². The van der Waals surface area contributed by atoms with Gasteiger partial charge in [-0.05, 0) is 44.9 Å². The summed E-state index contributed by atoms with van der Waals surface area (Å²) in [5.41, 5.74) is 3.76. The number of nitrogens with one attached hydrogen (secondary N) is 1. The molecule has 3 heterocycles. The average molecular weight is 446 g/mol. The molecule has 0 unspecified atom stereocenters. The van der Waals surface area contributed by atoms with Crippen LogP contribution in [-0.2, 0) is 11.2 Å². The minimum atomic E-state index is 0.132. The van der Waals surface area contributed by atoms with Crippen molar-refractivity contribution in [2.75, 3.05) is 25.5 Å². The van der Waals surface area contributed by atoms with Crippen LogP contribution in [0.1, 0.15) is 43.9 Å². The Morgan fingerprint density at radius 3 is 2.58 bits per heavy atom. The fourth-order valence-corrected chi connectivity index (χ4v) is 4.28. The molecule has 1 N–H and O–H groups in total. The summed E-state index contributed by atoms with van der Waals surface area (Å²) < 4.78 is 5.41. The zero-order chi connectivity index (χ0) is 23.2. The number of amides is 1. The molecule has 1 fully saturated rings. The number of rotatable bonds is 7. The van der Waals surface area contributed by atoms with Crippen molar-refractivity contribution in [3.63, 3.8) is 0 Å². The number of methoxy groups -OCH3 is 1. The predicted molar refractivity (Wildman–Crippen MR) is 129 cm³/mol. The van der Waals surface area contributed by atoms with Crippen LogP contribution in [0.25, 0.3) is 11.3 Å². The number of hydrogen-bond acceptors (Lipinski definition) is 6. The highest BCUT2D eigenvalue weighted by Gasteiger charge is 2.28. The Balaban J connectivity index is 1.50. The number of piperidine rings is 1. The second-order valence-corrected chi connectivity index (χ2v) is 8.65. The number of nitrogens with zero attached hydrogens (tertiary/aromatic N) is 4. The highest BCUT2D eigenvalue weighted by Crippen LogP contribution is 2.34. The third-order valence-electron chi connectivity index (χ3n) is 5.95. The van der Waals surface area contributed by atoms with E-state index in [2.05, 4.69) is 29.1 Å². The Morgan fingerprint density at radius 2 is 1.88 bits per heavy atom. The van der Waals surface area contributed by atoms with Gasteiger partial charge in [-0.3, -0.25) is 9.78 Å². The first-order chi connectivity index (χ1) is 16.0. The van der Waals surface area contributed by atoms with Gasteiger partial charge in [0.1, 0.15) is 5.75 Å². The molecule has 1 amide bonds. The molecule has 33 heavy (non-hydrogen) atoms. The Hall–Kier alpha value is -3.48. The van der Waals surface area contributed by atoms with Gasteiger partial charge in [0.05, 0.1) is 24.9 Å². The zero-order valence-electron chi connectivity index (χ0n) is 19.5. The number of anilines is 1. The van der Waals surface area contributed by atoms with E-state index < -0.39 is 0 Å². The largest absolute Gasteiger partial charge is 0.496 e. The van der Waals surface area contributed by atoms with Crippen molar-refractivity contribution in [1.82, 2.24) is 19.9 Å². The number of likely N-dealkylation sites (tertiary alicyclic amines) is 1. The van der Waals surface area contributed by atoms with Crippen LogP contribution in [0, 0.1) is 0 Å². The number of pyridine rings is 1. The SMILES string of the molecule is COc1ccccc1CC(=O)N1CCC(c2nc(NC(C)C)ncc2-c2ccccn2)CC1. The first-order valence-electron chi connectivity index (χ1n) is 11.5. The maximum atomic E-state index is 13.0. The lowest BCUT2D eigenvalue weighted by molar-refractivity contribution is -0.131. The van der Waals surface area contributed by atoms with Crippen LogP contribution in [0.5, 0.6) is 5.75 Å². The molecule has 2 aromatic heterocycles. The predicted octanol–water partition coefficient (Wildman–Crippen LogP) is 4.32. The van der Waals surface area contributed by atoms with Crippen LogP contribution >= 0.6 is 0 Å². The molecule has 7 heteroatoms. The number of carbonyl (C=O) groups is 1. The lowest BCUT2D eigenvalue weighted by Crippen LogP contribution is -2.39. The number of aromatic nitrogens is 3. The molecule has 0 bridgehead atoms. The van der Waals surface area contributed by atoms with Crippen molar-refractivity contribution < 1.29 is 9.53 Å². The maximum absolute atomic E-state index is 13.0. The lowest BCUT2D eigenvalue weighted by Gasteiger charge is -2.32. The fourth-order valence-electron chi connectivity index (χ4n) is 4.28. The van der Waals surface area contributed by atoms with Crippen LogP contribution in [0.15, 0.2) is 54.9 Å². The monoisotopic (exact) mass is 445 g/mol. The average Bonchev–Trinajstić information content (AvgIpc) is 2.84. The summed E-state index contributed by atoms with van der Waals surface area (Å²) in [6, 6.07) is 13.8. The summed E-state index contributed by atoms with van der Waals surface area (Å²) >= 11 is 0. The molecule has 4 rings (SSSR count). The van der Waals surface area contributed by atoms with E-state index in [9.17, 15) is 4.79 Å². The topological polar surface area (TPSA) is 80.2 Å². The van der Waals surface area contributed by atoms with Crippen LogP contribution in [0.2, 0.25) is 0 Å². The molecule has 0 spiro atoms. The van der Waals surface area contributed by atoms with Crippen LogP contribution in [0.4, 0.5) is 5.95 Å². The van der Waals surface area contributed by atoms with Gasteiger partial charge in [-0.15, -0.1) is 0 Å². The summed E-state index contributed by atoms with van der Waals surface area (Å²) in [6.07, 6.45) is 5.72. The Morgan fingerprint density at radius 1 is 1.12 bits per heavy atom. The van der Waals surface area contributed by atoms with Gasteiger partial charge in [-0.1, -0.05) is 24.3 Å². The number of carbonyl (C=O) groups excluding carboxylic acids is 1. The van der Waals surface area contributed by atoms with E-state index in [0.29, 0.717) is 25.5 Å². The normalized spacial score (nSPS) is 14.4. The van der Waals surface area contributed by atoms with Crippen molar-refractivity contribution in [2.24, 2.45) is 0 Å². The number of hydrogen-bond donors (Lipinski definition) is 1. The second-order valence-electron chi connectivity index (χ2n) is 8.65. The molecule has 1 aromatic carbocycles. The highest BCUT2D eigenvalue weighted by atomic mass is 16.5. The summed E-state index contributed by atoms with van der Waals surface area (Å²) in [6.45, 7) is 5.55. The minimum absolute atomic E-state index is 0.132. The van der Waals surface area contributed by atoms with Gasteiger partial charge >= 0.3 is 0 Å². The molecule has 0 atom stereocenters. The van der Waals surface area contributed by atoms with Gasteiger partial charge in [0.15, 0.2) is 0 Å². The Kier molecular flexibility index (Phi) is 7.17.